The molecule has 0 aliphatic rings. The van der Waals surface area contributed by atoms with Crippen LogP contribution < -0.4 is 14.8 Å². The first-order valence-electron chi connectivity index (χ1n) is 8.23. The summed E-state index contributed by atoms with van der Waals surface area (Å²) >= 11 is 0. The summed E-state index contributed by atoms with van der Waals surface area (Å²) in [6.45, 7) is 3.72. The van der Waals surface area contributed by atoms with Crippen molar-refractivity contribution in [3.63, 3.8) is 0 Å². The highest BCUT2D eigenvalue weighted by Gasteiger charge is 2.11. The minimum atomic E-state index is -0.200. The van der Waals surface area contributed by atoms with Crippen LogP contribution in [0.2, 0.25) is 0 Å². The highest BCUT2D eigenvalue weighted by molar-refractivity contribution is 6.05. The zero-order valence-corrected chi connectivity index (χ0v) is 14.9. The zero-order valence-electron chi connectivity index (χ0n) is 14.9. The molecule has 0 saturated carbocycles. The molecule has 1 aromatic heterocycles. The quantitative estimate of drug-likeness (QED) is 0.723. The predicted octanol–water partition coefficient (Wildman–Crippen LogP) is 4.75. The van der Waals surface area contributed by atoms with Gasteiger partial charge in [-0.2, -0.15) is 0 Å². The first-order chi connectivity index (χ1) is 12.5. The Morgan fingerprint density at radius 3 is 2.35 bits per heavy atom. The second-order valence-corrected chi connectivity index (χ2v) is 5.85. The highest BCUT2D eigenvalue weighted by Crippen LogP contribution is 2.27. The maximum absolute atomic E-state index is 12.5. The molecule has 132 valence electrons. The van der Waals surface area contributed by atoms with Crippen molar-refractivity contribution < 1.29 is 14.3 Å². The predicted molar refractivity (Wildman–Crippen MR) is 101 cm³/mol. The van der Waals surface area contributed by atoms with Crippen LogP contribution in [-0.4, -0.2) is 18.0 Å². The molecule has 0 fully saturated rings. The number of carbonyl (C=O) groups is 1. The van der Waals surface area contributed by atoms with Crippen LogP contribution in [0.15, 0.2) is 60.7 Å². The first kappa shape index (κ1) is 17.5. The molecule has 0 bridgehead atoms. The molecule has 0 radical (unpaired) electrons. The van der Waals surface area contributed by atoms with Gasteiger partial charge in [-0.05, 0) is 50.2 Å². The summed E-state index contributed by atoms with van der Waals surface area (Å²) in [7, 11) is 1.61. The summed E-state index contributed by atoms with van der Waals surface area (Å²) in [5.74, 6) is 1.80. The van der Waals surface area contributed by atoms with Crippen molar-refractivity contribution in [1.29, 1.82) is 0 Å². The Hall–Kier alpha value is -3.34. The SMILES string of the molecule is COc1cccc(Oc2cccc(NC(=O)c3ccc(C)nc3C)c2)c1. The van der Waals surface area contributed by atoms with Crippen molar-refractivity contribution >= 4 is 11.6 Å². The molecule has 1 amide bonds. The Bertz CT molecular complexity index is 938. The van der Waals surface area contributed by atoms with Crippen LogP contribution in [0.4, 0.5) is 5.69 Å². The van der Waals surface area contributed by atoms with E-state index in [1.165, 1.54) is 0 Å². The molecule has 26 heavy (non-hydrogen) atoms. The van der Waals surface area contributed by atoms with Gasteiger partial charge in [-0.1, -0.05) is 12.1 Å². The van der Waals surface area contributed by atoms with Crippen molar-refractivity contribution in [2.45, 2.75) is 13.8 Å². The van der Waals surface area contributed by atoms with Crippen LogP contribution in [0.25, 0.3) is 0 Å². The molecule has 3 rings (SSSR count). The molecule has 0 atom stereocenters. The molecule has 1 heterocycles. The molecule has 0 spiro atoms. The summed E-state index contributed by atoms with van der Waals surface area (Å²) in [5.41, 5.74) is 2.78. The minimum Gasteiger partial charge on any atom is -0.497 e. The number of nitrogens with zero attached hydrogens (tertiary/aromatic N) is 1. The van der Waals surface area contributed by atoms with E-state index >= 15 is 0 Å². The van der Waals surface area contributed by atoms with Gasteiger partial charge in [-0.25, -0.2) is 0 Å². The van der Waals surface area contributed by atoms with Crippen LogP contribution in [0.5, 0.6) is 17.2 Å². The fraction of sp³-hybridized carbons (Fsp3) is 0.143. The molecule has 1 N–H and O–H groups in total. The molecule has 5 nitrogen and oxygen atoms in total. The first-order valence-corrected chi connectivity index (χ1v) is 8.23. The van der Waals surface area contributed by atoms with Gasteiger partial charge in [-0.15, -0.1) is 0 Å². The molecule has 0 saturated heterocycles. The third-order valence-corrected chi connectivity index (χ3v) is 3.84. The summed E-state index contributed by atoms with van der Waals surface area (Å²) < 4.78 is 11.0. The summed E-state index contributed by atoms with van der Waals surface area (Å²) in [6.07, 6.45) is 0. The number of methoxy groups -OCH3 is 1. The van der Waals surface area contributed by atoms with Gasteiger partial charge in [-0.3, -0.25) is 9.78 Å². The molecule has 0 aliphatic carbocycles. The minimum absolute atomic E-state index is 0.200. The fourth-order valence-corrected chi connectivity index (χ4v) is 2.56. The van der Waals surface area contributed by atoms with Crippen LogP contribution >= 0.6 is 0 Å². The molecule has 3 aromatic rings. The largest absolute Gasteiger partial charge is 0.497 e. The number of carbonyl (C=O) groups excluding carboxylic acids is 1. The van der Waals surface area contributed by atoms with Gasteiger partial charge in [0.1, 0.15) is 17.2 Å². The molecule has 5 heteroatoms. The van der Waals surface area contributed by atoms with E-state index in [-0.39, 0.29) is 5.91 Å². The number of pyridine rings is 1. The number of aromatic nitrogens is 1. The van der Waals surface area contributed by atoms with E-state index in [9.17, 15) is 4.79 Å². The molecule has 0 aliphatic heterocycles. The average molecular weight is 348 g/mol. The lowest BCUT2D eigenvalue weighted by molar-refractivity contribution is 0.102. The van der Waals surface area contributed by atoms with Gasteiger partial charge in [0.15, 0.2) is 0 Å². The van der Waals surface area contributed by atoms with E-state index in [1.807, 2.05) is 56.3 Å². The third kappa shape index (κ3) is 4.19. The number of ether oxygens (including phenoxy) is 2. The van der Waals surface area contributed by atoms with Crippen LogP contribution in [0, 0.1) is 13.8 Å². The molecular weight excluding hydrogens is 328 g/mol. The number of aryl methyl sites for hydroxylation is 2. The lowest BCUT2D eigenvalue weighted by atomic mass is 10.1. The second kappa shape index (κ2) is 7.70. The Morgan fingerprint density at radius 2 is 1.62 bits per heavy atom. The Morgan fingerprint density at radius 1 is 0.923 bits per heavy atom. The highest BCUT2D eigenvalue weighted by atomic mass is 16.5. The van der Waals surface area contributed by atoms with Gasteiger partial charge in [0.05, 0.1) is 18.4 Å². The number of amides is 1. The standard InChI is InChI=1S/C21H20N2O3/c1-14-10-11-20(15(2)22-14)21(24)23-16-6-4-8-18(12-16)26-19-9-5-7-17(13-19)25-3/h4-13H,1-3H3,(H,23,24). The van der Waals surface area contributed by atoms with Gasteiger partial charge in [0.25, 0.3) is 5.91 Å². The number of hydrogen-bond donors (Lipinski definition) is 1. The number of benzene rings is 2. The van der Waals surface area contributed by atoms with Gasteiger partial charge in [0.2, 0.25) is 0 Å². The van der Waals surface area contributed by atoms with Crippen LogP contribution in [0.3, 0.4) is 0 Å². The van der Waals surface area contributed by atoms with Gasteiger partial charge >= 0.3 is 0 Å². The van der Waals surface area contributed by atoms with E-state index < -0.39 is 0 Å². The lowest BCUT2D eigenvalue weighted by Crippen LogP contribution is -2.14. The Labute approximate surface area is 152 Å². The maximum atomic E-state index is 12.5. The molecule has 2 aromatic carbocycles. The molecular formula is C21H20N2O3. The van der Waals surface area contributed by atoms with Crippen molar-refractivity contribution in [3.8, 4) is 17.2 Å². The third-order valence-electron chi connectivity index (χ3n) is 3.84. The smallest absolute Gasteiger partial charge is 0.257 e. The van der Waals surface area contributed by atoms with E-state index in [1.54, 1.807) is 25.3 Å². The van der Waals surface area contributed by atoms with Gasteiger partial charge in [0, 0.05) is 23.5 Å². The van der Waals surface area contributed by atoms with Crippen LogP contribution in [-0.2, 0) is 0 Å². The van der Waals surface area contributed by atoms with Gasteiger partial charge < -0.3 is 14.8 Å². The second-order valence-electron chi connectivity index (χ2n) is 5.85. The topological polar surface area (TPSA) is 60.5 Å². The maximum Gasteiger partial charge on any atom is 0.257 e. The lowest BCUT2D eigenvalue weighted by Gasteiger charge is -2.11. The number of rotatable bonds is 5. The summed E-state index contributed by atoms with van der Waals surface area (Å²) in [6, 6.07) is 18.2. The van der Waals surface area contributed by atoms with Crippen molar-refractivity contribution in [2.24, 2.45) is 0 Å². The monoisotopic (exact) mass is 348 g/mol. The zero-order chi connectivity index (χ0) is 18.5. The van der Waals surface area contributed by atoms with E-state index in [0.717, 1.165) is 5.69 Å². The van der Waals surface area contributed by atoms with Crippen LogP contribution in [0.1, 0.15) is 21.7 Å². The number of anilines is 1. The normalized spacial score (nSPS) is 10.3. The number of nitrogens with one attached hydrogen (secondary N) is 1. The van der Waals surface area contributed by atoms with E-state index in [4.69, 9.17) is 9.47 Å². The van der Waals surface area contributed by atoms with Crippen molar-refractivity contribution in [3.05, 3.63) is 77.6 Å². The number of hydrogen-bond acceptors (Lipinski definition) is 4. The Kier molecular flexibility index (Phi) is 5.17. The summed E-state index contributed by atoms with van der Waals surface area (Å²) in [5, 5.41) is 2.88. The average Bonchev–Trinajstić information content (AvgIpc) is 2.62. The fourth-order valence-electron chi connectivity index (χ4n) is 2.56. The van der Waals surface area contributed by atoms with E-state index in [2.05, 4.69) is 10.3 Å². The molecule has 0 unspecified atom stereocenters. The Balaban J connectivity index is 1.75. The van der Waals surface area contributed by atoms with E-state index in [0.29, 0.717) is 34.2 Å². The van der Waals surface area contributed by atoms with Crippen molar-refractivity contribution in [2.75, 3.05) is 12.4 Å². The summed E-state index contributed by atoms with van der Waals surface area (Å²) in [4.78, 5) is 16.8. The van der Waals surface area contributed by atoms with Crippen molar-refractivity contribution in [1.82, 2.24) is 4.98 Å².